The number of nitrogens with zero attached hydrogens (tertiary/aromatic N) is 1. The fraction of sp³-hybridized carbons (Fsp3) is 0.565. The number of carbonyl (C=O) groups excluding carboxylic acids is 4. The SMILES string of the molecule is CCCCCC(=O)OOc1cccc2c1C(C(C)(C)C)N(C1CCC(=O)NC1=O)C2=O. The molecular weight excluding hydrogens is 400 g/mol. The Morgan fingerprint density at radius 2 is 1.94 bits per heavy atom. The Morgan fingerprint density at radius 3 is 2.58 bits per heavy atom. The van der Waals surface area contributed by atoms with Gasteiger partial charge in [-0.05, 0) is 30.4 Å². The molecule has 0 aliphatic carbocycles. The molecule has 2 unspecified atom stereocenters. The molecular formula is C23H30N2O6. The number of hydrogen-bond acceptors (Lipinski definition) is 6. The lowest BCUT2D eigenvalue weighted by atomic mass is 9.81. The summed E-state index contributed by atoms with van der Waals surface area (Å²) in [6.45, 7) is 7.94. The summed E-state index contributed by atoms with van der Waals surface area (Å²) < 4.78 is 0. The van der Waals surface area contributed by atoms with Gasteiger partial charge in [-0.15, -0.1) is 0 Å². The molecule has 1 N–H and O–H groups in total. The number of unbranched alkanes of at least 4 members (excludes halogenated alkanes) is 2. The van der Waals surface area contributed by atoms with Crippen LogP contribution in [0.5, 0.6) is 5.75 Å². The predicted octanol–water partition coefficient (Wildman–Crippen LogP) is 3.45. The number of carbonyl (C=O) groups is 4. The molecule has 1 saturated heterocycles. The summed E-state index contributed by atoms with van der Waals surface area (Å²) in [5.74, 6) is -1.30. The van der Waals surface area contributed by atoms with Crippen molar-refractivity contribution in [2.24, 2.45) is 5.41 Å². The van der Waals surface area contributed by atoms with E-state index >= 15 is 0 Å². The average molecular weight is 431 g/mol. The number of benzene rings is 1. The van der Waals surface area contributed by atoms with Gasteiger partial charge in [0.1, 0.15) is 6.04 Å². The average Bonchev–Trinajstić information content (AvgIpc) is 3.00. The fourth-order valence-electron chi connectivity index (χ4n) is 4.25. The fourth-order valence-corrected chi connectivity index (χ4v) is 4.25. The zero-order valence-corrected chi connectivity index (χ0v) is 18.5. The van der Waals surface area contributed by atoms with Gasteiger partial charge < -0.3 is 4.90 Å². The Morgan fingerprint density at radius 1 is 1.19 bits per heavy atom. The maximum absolute atomic E-state index is 13.3. The first kappa shape index (κ1) is 22.8. The van der Waals surface area contributed by atoms with Crippen LogP contribution in [-0.2, 0) is 19.3 Å². The van der Waals surface area contributed by atoms with Gasteiger partial charge in [-0.3, -0.25) is 29.5 Å². The van der Waals surface area contributed by atoms with Crippen molar-refractivity contribution in [3.05, 3.63) is 29.3 Å². The number of amides is 3. The quantitative estimate of drug-likeness (QED) is 0.308. The molecule has 2 aliphatic heterocycles. The van der Waals surface area contributed by atoms with Crippen LogP contribution in [0.25, 0.3) is 0 Å². The van der Waals surface area contributed by atoms with Crippen LogP contribution in [0.15, 0.2) is 18.2 Å². The topological polar surface area (TPSA) is 102 Å². The molecule has 8 heteroatoms. The maximum atomic E-state index is 13.3. The number of hydrogen-bond donors (Lipinski definition) is 1. The van der Waals surface area contributed by atoms with E-state index in [-0.39, 0.29) is 36.8 Å². The molecule has 168 valence electrons. The van der Waals surface area contributed by atoms with Crippen LogP contribution in [0.2, 0.25) is 0 Å². The molecule has 31 heavy (non-hydrogen) atoms. The Hall–Kier alpha value is -2.90. The minimum Gasteiger partial charge on any atom is -0.319 e. The van der Waals surface area contributed by atoms with Crippen LogP contribution in [0, 0.1) is 5.41 Å². The summed E-state index contributed by atoms with van der Waals surface area (Å²) >= 11 is 0. The standard InChI is InChI=1S/C23H30N2O6/c1-5-6-7-11-18(27)31-30-16-10-8-9-14-19(16)20(23(2,3)4)25(22(14)29)15-12-13-17(26)24-21(15)28/h8-10,15,20H,5-7,11-13H2,1-4H3,(H,24,26,28). The highest BCUT2D eigenvalue weighted by Crippen LogP contribution is 2.50. The Labute approximate surface area is 182 Å². The third-order valence-corrected chi connectivity index (χ3v) is 5.66. The van der Waals surface area contributed by atoms with Crippen LogP contribution in [-0.4, -0.2) is 34.6 Å². The third kappa shape index (κ3) is 4.73. The zero-order chi connectivity index (χ0) is 22.8. The van der Waals surface area contributed by atoms with Gasteiger partial charge in [0, 0.05) is 17.5 Å². The summed E-state index contributed by atoms with van der Waals surface area (Å²) in [7, 11) is 0. The molecule has 0 aromatic heterocycles. The van der Waals surface area contributed by atoms with E-state index in [4.69, 9.17) is 9.78 Å². The molecule has 0 saturated carbocycles. The van der Waals surface area contributed by atoms with Crippen LogP contribution >= 0.6 is 0 Å². The lowest BCUT2D eigenvalue weighted by Crippen LogP contribution is -2.54. The molecule has 0 radical (unpaired) electrons. The maximum Gasteiger partial charge on any atom is 0.355 e. The van der Waals surface area contributed by atoms with Gasteiger partial charge in [0.15, 0.2) is 5.75 Å². The van der Waals surface area contributed by atoms with E-state index in [9.17, 15) is 19.2 Å². The number of nitrogens with one attached hydrogen (secondary N) is 1. The molecule has 2 aliphatic rings. The molecule has 1 aromatic carbocycles. The molecule has 1 aromatic rings. The van der Waals surface area contributed by atoms with E-state index in [0.717, 1.165) is 19.3 Å². The van der Waals surface area contributed by atoms with Crippen LogP contribution < -0.4 is 10.2 Å². The van der Waals surface area contributed by atoms with Gasteiger partial charge in [0.2, 0.25) is 11.8 Å². The van der Waals surface area contributed by atoms with Crippen molar-refractivity contribution in [2.75, 3.05) is 0 Å². The van der Waals surface area contributed by atoms with Crippen molar-refractivity contribution < 1.29 is 29.0 Å². The second-order valence-electron chi connectivity index (χ2n) is 9.16. The van der Waals surface area contributed by atoms with Crippen molar-refractivity contribution >= 4 is 23.7 Å². The Balaban J connectivity index is 1.90. The molecule has 0 bridgehead atoms. The van der Waals surface area contributed by atoms with Gasteiger partial charge >= 0.3 is 5.97 Å². The van der Waals surface area contributed by atoms with Gasteiger partial charge in [-0.1, -0.05) is 46.6 Å². The number of piperidine rings is 1. The van der Waals surface area contributed by atoms with E-state index in [1.807, 2.05) is 27.7 Å². The highest BCUT2D eigenvalue weighted by atomic mass is 17.2. The number of rotatable bonds is 7. The molecule has 0 spiro atoms. The first-order valence-electron chi connectivity index (χ1n) is 10.8. The predicted molar refractivity (Wildman–Crippen MR) is 112 cm³/mol. The van der Waals surface area contributed by atoms with Crippen LogP contribution in [0.1, 0.15) is 88.2 Å². The first-order chi connectivity index (χ1) is 14.6. The van der Waals surface area contributed by atoms with Gasteiger partial charge in [-0.25, -0.2) is 4.79 Å². The van der Waals surface area contributed by atoms with Crippen molar-refractivity contribution in [3.63, 3.8) is 0 Å². The lowest BCUT2D eigenvalue weighted by molar-refractivity contribution is -0.214. The Bertz CT molecular complexity index is 889. The van der Waals surface area contributed by atoms with Crippen LogP contribution in [0.3, 0.4) is 0 Å². The summed E-state index contributed by atoms with van der Waals surface area (Å²) in [6, 6.07) is 3.74. The second-order valence-corrected chi connectivity index (χ2v) is 9.16. The number of fused-ring (bicyclic) bond motifs is 1. The smallest absolute Gasteiger partial charge is 0.319 e. The summed E-state index contributed by atoms with van der Waals surface area (Å²) in [5.41, 5.74) is 0.544. The van der Waals surface area contributed by atoms with Crippen molar-refractivity contribution in [1.82, 2.24) is 10.2 Å². The minimum absolute atomic E-state index is 0.173. The molecule has 1 fully saturated rings. The first-order valence-corrected chi connectivity index (χ1v) is 10.8. The molecule has 3 rings (SSSR count). The van der Waals surface area contributed by atoms with Gasteiger partial charge in [0.05, 0.1) is 12.5 Å². The second kappa shape index (κ2) is 9.08. The van der Waals surface area contributed by atoms with Crippen molar-refractivity contribution in [2.45, 2.75) is 78.3 Å². The minimum atomic E-state index is -0.758. The van der Waals surface area contributed by atoms with Crippen molar-refractivity contribution in [3.8, 4) is 5.75 Å². The summed E-state index contributed by atoms with van der Waals surface area (Å²) in [5, 5.41) is 2.33. The van der Waals surface area contributed by atoms with Gasteiger partial charge in [0.25, 0.3) is 5.91 Å². The number of imide groups is 1. The van der Waals surface area contributed by atoms with Crippen molar-refractivity contribution in [1.29, 1.82) is 0 Å². The van der Waals surface area contributed by atoms with E-state index in [2.05, 4.69) is 5.32 Å². The largest absolute Gasteiger partial charge is 0.355 e. The lowest BCUT2D eigenvalue weighted by Gasteiger charge is -2.40. The highest BCUT2D eigenvalue weighted by Gasteiger charge is 2.50. The molecule has 3 amide bonds. The summed E-state index contributed by atoms with van der Waals surface area (Å²) in [6.07, 6.45) is 3.33. The zero-order valence-electron chi connectivity index (χ0n) is 18.5. The van der Waals surface area contributed by atoms with E-state index < -0.39 is 29.4 Å². The van der Waals surface area contributed by atoms with Crippen LogP contribution in [0.4, 0.5) is 0 Å². The van der Waals surface area contributed by atoms with E-state index in [0.29, 0.717) is 11.1 Å². The highest BCUT2D eigenvalue weighted by molar-refractivity contribution is 6.06. The summed E-state index contributed by atoms with van der Waals surface area (Å²) in [4.78, 5) is 61.5. The monoisotopic (exact) mass is 430 g/mol. The third-order valence-electron chi connectivity index (χ3n) is 5.66. The van der Waals surface area contributed by atoms with E-state index in [1.54, 1.807) is 23.1 Å². The van der Waals surface area contributed by atoms with E-state index in [1.165, 1.54) is 0 Å². The van der Waals surface area contributed by atoms with Gasteiger partial charge in [-0.2, -0.15) is 0 Å². The Kier molecular flexibility index (Phi) is 6.67. The molecule has 2 heterocycles. The normalized spacial score (nSPS) is 21.0. The molecule has 8 nitrogen and oxygen atoms in total. The molecule has 2 atom stereocenters.